The summed E-state index contributed by atoms with van der Waals surface area (Å²) in [6, 6.07) is 3.40. The number of halogens is 1. The van der Waals surface area contributed by atoms with Crippen LogP contribution in [0.4, 0.5) is 4.39 Å². The molecule has 1 nitrogen and oxygen atoms in total. The minimum Gasteiger partial charge on any atom is -0.323 e. The van der Waals surface area contributed by atoms with E-state index in [-0.39, 0.29) is 11.9 Å². The first-order valence-corrected chi connectivity index (χ1v) is 8.49. The summed E-state index contributed by atoms with van der Waals surface area (Å²) in [5.41, 5.74) is 10.4. The summed E-state index contributed by atoms with van der Waals surface area (Å²) in [6.07, 6.45) is 8.22. The molecule has 4 saturated carbocycles. The second kappa shape index (κ2) is 4.55. The third-order valence-electron chi connectivity index (χ3n) is 6.61. The van der Waals surface area contributed by atoms with E-state index in [1.165, 1.54) is 44.1 Å². The van der Waals surface area contributed by atoms with E-state index in [9.17, 15) is 4.39 Å². The van der Waals surface area contributed by atoms with Crippen LogP contribution in [0, 0.1) is 42.8 Å². The normalized spacial score (nSPS) is 38.8. The van der Waals surface area contributed by atoms with Crippen LogP contribution in [-0.4, -0.2) is 0 Å². The van der Waals surface area contributed by atoms with E-state index in [4.69, 9.17) is 5.73 Å². The summed E-state index contributed by atoms with van der Waals surface area (Å²) in [4.78, 5) is 0. The van der Waals surface area contributed by atoms with Crippen molar-refractivity contribution in [3.63, 3.8) is 0 Å². The van der Waals surface area contributed by atoms with Gasteiger partial charge < -0.3 is 5.73 Å². The molecule has 5 rings (SSSR count). The van der Waals surface area contributed by atoms with Crippen molar-refractivity contribution in [1.29, 1.82) is 0 Å². The van der Waals surface area contributed by atoms with Crippen LogP contribution in [0.25, 0.3) is 0 Å². The predicted molar refractivity (Wildman–Crippen MR) is 83.4 cm³/mol. The van der Waals surface area contributed by atoms with Crippen molar-refractivity contribution >= 4 is 0 Å². The molecule has 4 aliphatic carbocycles. The summed E-state index contributed by atoms with van der Waals surface area (Å²) in [5.74, 6) is 2.58. The second-order valence-corrected chi connectivity index (χ2v) is 8.21. The highest BCUT2D eigenvalue weighted by Crippen LogP contribution is 2.63. The lowest BCUT2D eigenvalue weighted by Gasteiger charge is -2.59. The molecule has 0 radical (unpaired) electrons. The molecular formula is C19H26FN. The van der Waals surface area contributed by atoms with Crippen LogP contribution in [0.3, 0.4) is 0 Å². The SMILES string of the molecule is Cc1cc(F)cc(C)c1C(N)C12CC3CC(CC(C3)C1)C2. The lowest BCUT2D eigenvalue weighted by atomic mass is 9.47. The molecule has 2 heteroatoms. The van der Waals surface area contributed by atoms with Crippen molar-refractivity contribution in [1.82, 2.24) is 0 Å². The van der Waals surface area contributed by atoms with Crippen molar-refractivity contribution in [2.45, 2.75) is 58.4 Å². The van der Waals surface area contributed by atoms with Crippen LogP contribution in [-0.2, 0) is 0 Å². The molecule has 1 aromatic rings. The van der Waals surface area contributed by atoms with Gasteiger partial charge in [-0.25, -0.2) is 4.39 Å². The fraction of sp³-hybridized carbons (Fsp3) is 0.684. The Balaban J connectivity index is 1.73. The molecule has 0 aliphatic heterocycles. The third kappa shape index (κ3) is 2.06. The molecule has 114 valence electrons. The Bertz CT molecular complexity index is 519. The molecule has 0 spiro atoms. The quantitative estimate of drug-likeness (QED) is 0.841. The zero-order valence-electron chi connectivity index (χ0n) is 13.2. The molecule has 0 amide bonds. The summed E-state index contributed by atoms with van der Waals surface area (Å²) >= 11 is 0. The number of hydrogen-bond donors (Lipinski definition) is 1. The van der Waals surface area contributed by atoms with E-state index < -0.39 is 0 Å². The molecule has 0 heterocycles. The highest BCUT2D eigenvalue weighted by Gasteiger charge is 2.53. The predicted octanol–water partition coefficient (Wildman–Crippen LogP) is 4.66. The van der Waals surface area contributed by atoms with Gasteiger partial charge in [0.15, 0.2) is 0 Å². The van der Waals surface area contributed by atoms with Crippen molar-refractivity contribution in [2.75, 3.05) is 0 Å². The van der Waals surface area contributed by atoms with Crippen LogP contribution in [0.5, 0.6) is 0 Å². The van der Waals surface area contributed by atoms with Gasteiger partial charge in [0.25, 0.3) is 0 Å². The molecule has 4 bridgehead atoms. The first-order chi connectivity index (χ1) is 9.97. The van der Waals surface area contributed by atoms with Crippen LogP contribution in [0.2, 0.25) is 0 Å². The smallest absolute Gasteiger partial charge is 0.123 e. The fourth-order valence-electron chi connectivity index (χ4n) is 6.28. The van der Waals surface area contributed by atoms with Crippen molar-refractivity contribution in [2.24, 2.45) is 28.9 Å². The third-order valence-corrected chi connectivity index (χ3v) is 6.61. The van der Waals surface area contributed by atoms with Gasteiger partial charge in [-0.15, -0.1) is 0 Å². The molecule has 2 N–H and O–H groups in total. The maximum absolute atomic E-state index is 13.6. The Labute approximate surface area is 127 Å². The average molecular weight is 287 g/mol. The van der Waals surface area contributed by atoms with Gasteiger partial charge in [0, 0.05) is 6.04 Å². The minimum absolute atomic E-state index is 0.0894. The Hall–Kier alpha value is -0.890. The van der Waals surface area contributed by atoms with Crippen molar-refractivity contribution in [3.8, 4) is 0 Å². The zero-order chi connectivity index (χ0) is 14.8. The van der Waals surface area contributed by atoms with Crippen LogP contribution < -0.4 is 5.73 Å². The fourth-order valence-corrected chi connectivity index (χ4v) is 6.28. The lowest BCUT2D eigenvalue weighted by Crippen LogP contribution is -2.51. The first kappa shape index (κ1) is 13.8. The molecule has 1 atom stereocenters. The number of aryl methyl sites for hydroxylation is 2. The van der Waals surface area contributed by atoms with Gasteiger partial charge in [0.1, 0.15) is 5.82 Å². The lowest BCUT2D eigenvalue weighted by molar-refractivity contribution is -0.0679. The van der Waals surface area contributed by atoms with E-state index in [0.717, 1.165) is 28.9 Å². The van der Waals surface area contributed by atoms with Gasteiger partial charge in [-0.3, -0.25) is 0 Å². The average Bonchev–Trinajstić information content (AvgIpc) is 2.35. The molecule has 21 heavy (non-hydrogen) atoms. The topological polar surface area (TPSA) is 26.0 Å². The molecule has 0 saturated heterocycles. The van der Waals surface area contributed by atoms with E-state index in [0.29, 0.717) is 5.41 Å². The van der Waals surface area contributed by atoms with Crippen LogP contribution in [0.15, 0.2) is 12.1 Å². The molecule has 4 fully saturated rings. The van der Waals surface area contributed by atoms with E-state index in [2.05, 4.69) is 0 Å². The van der Waals surface area contributed by atoms with Crippen molar-refractivity contribution < 1.29 is 4.39 Å². The number of nitrogens with two attached hydrogens (primary N) is 1. The van der Waals surface area contributed by atoms with E-state index >= 15 is 0 Å². The van der Waals surface area contributed by atoms with Crippen LogP contribution >= 0.6 is 0 Å². The Kier molecular flexibility index (Phi) is 2.98. The molecule has 1 unspecified atom stereocenters. The summed E-state index contributed by atoms with van der Waals surface area (Å²) in [5, 5.41) is 0. The number of hydrogen-bond acceptors (Lipinski definition) is 1. The highest BCUT2D eigenvalue weighted by atomic mass is 19.1. The maximum Gasteiger partial charge on any atom is 0.123 e. The minimum atomic E-state index is -0.133. The standard InChI is InChI=1S/C19H26FN/c1-11-3-16(20)4-12(2)17(11)18(21)19-8-13-5-14(9-19)7-15(6-13)10-19/h3-4,13-15,18H,5-10,21H2,1-2H3. The monoisotopic (exact) mass is 287 g/mol. The summed E-state index contributed by atoms with van der Waals surface area (Å²) in [6.45, 7) is 4.04. The Morgan fingerprint density at radius 2 is 1.43 bits per heavy atom. The maximum atomic E-state index is 13.6. The van der Waals surface area contributed by atoms with Crippen molar-refractivity contribution in [3.05, 3.63) is 34.6 Å². The van der Waals surface area contributed by atoms with E-state index in [1.807, 2.05) is 13.8 Å². The number of rotatable bonds is 2. The van der Waals surface area contributed by atoms with Gasteiger partial charge in [-0.2, -0.15) is 0 Å². The van der Waals surface area contributed by atoms with Gasteiger partial charge in [0.2, 0.25) is 0 Å². The molecular weight excluding hydrogens is 261 g/mol. The highest BCUT2D eigenvalue weighted by molar-refractivity contribution is 5.38. The number of benzene rings is 1. The summed E-state index contributed by atoms with van der Waals surface area (Å²) in [7, 11) is 0. The van der Waals surface area contributed by atoms with E-state index in [1.54, 1.807) is 12.1 Å². The molecule has 4 aliphatic rings. The molecule has 1 aromatic carbocycles. The van der Waals surface area contributed by atoms with Gasteiger partial charge in [0.05, 0.1) is 0 Å². The largest absolute Gasteiger partial charge is 0.323 e. The second-order valence-electron chi connectivity index (χ2n) is 8.21. The van der Waals surface area contributed by atoms with Gasteiger partial charge >= 0.3 is 0 Å². The summed E-state index contributed by atoms with van der Waals surface area (Å²) < 4.78 is 13.6. The van der Waals surface area contributed by atoms with Gasteiger partial charge in [-0.1, -0.05) is 0 Å². The first-order valence-electron chi connectivity index (χ1n) is 8.49. The molecule has 0 aromatic heterocycles. The van der Waals surface area contributed by atoms with Crippen LogP contribution in [0.1, 0.15) is 61.3 Å². The Morgan fingerprint density at radius 1 is 1.00 bits per heavy atom. The zero-order valence-corrected chi connectivity index (χ0v) is 13.2. The Morgan fingerprint density at radius 3 is 1.86 bits per heavy atom. The van der Waals surface area contributed by atoms with Gasteiger partial charge in [-0.05, 0) is 104 Å².